The lowest BCUT2D eigenvalue weighted by atomic mass is 10.2. The van der Waals surface area contributed by atoms with E-state index in [9.17, 15) is 18.5 Å². The Hall–Kier alpha value is -3.35. The van der Waals surface area contributed by atoms with E-state index in [1.165, 1.54) is 6.07 Å². The highest BCUT2D eigenvalue weighted by atomic mass is 32.2. The third-order valence-corrected chi connectivity index (χ3v) is 5.36. The number of anilines is 1. The molecule has 0 saturated carbocycles. The third-order valence-electron chi connectivity index (χ3n) is 3.97. The maximum Gasteiger partial charge on any atom is 0.290 e. The van der Waals surface area contributed by atoms with Crippen LogP contribution in [0, 0.1) is 24.0 Å². The second-order valence-electron chi connectivity index (χ2n) is 5.64. The van der Waals surface area contributed by atoms with Crippen LogP contribution >= 0.6 is 0 Å². The number of benzene rings is 1. The first kappa shape index (κ1) is 18.4. The van der Waals surface area contributed by atoms with Gasteiger partial charge >= 0.3 is 0 Å². The molecule has 0 fully saturated rings. The number of nitrogens with one attached hydrogen (secondary N) is 2. The molecule has 0 atom stereocenters. The molecular formula is C14H16N8O4S. The largest absolute Gasteiger partial charge is 0.290 e. The van der Waals surface area contributed by atoms with Crippen LogP contribution in [0.25, 0.3) is 11.4 Å². The van der Waals surface area contributed by atoms with Crippen molar-refractivity contribution in [3.63, 3.8) is 0 Å². The van der Waals surface area contributed by atoms with Gasteiger partial charge in [-0.2, -0.15) is 10.3 Å². The summed E-state index contributed by atoms with van der Waals surface area (Å²) in [5.41, 5.74) is 1.06. The SMILES string of the molecule is CCn1nc(C)c(NS(=O)(=O)c2ccc(-c3nn[nH]n3)cc2[N+](=O)[O-])c1C. The Bertz CT molecular complexity index is 1100. The maximum absolute atomic E-state index is 12.8. The Labute approximate surface area is 153 Å². The van der Waals surface area contributed by atoms with E-state index in [1.807, 2.05) is 6.92 Å². The molecule has 1 aromatic carbocycles. The first-order valence-corrected chi connectivity index (χ1v) is 9.32. The summed E-state index contributed by atoms with van der Waals surface area (Å²) in [6.07, 6.45) is 0. The highest BCUT2D eigenvalue weighted by Gasteiger charge is 2.28. The number of nitro groups is 1. The molecule has 0 aliphatic rings. The quantitative estimate of drug-likeness (QED) is 0.470. The van der Waals surface area contributed by atoms with Crippen LogP contribution in [0.3, 0.4) is 0 Å². The third kappa shape index (κ3) is 3.36. The van der Waals surface area contributed by atoms with Crippen LogP contribution in [0.15, 0.2) is 23.1 Å². The molecule has 0 bridgehead atoms. The highest BCUT2D eigenvalue weighted by molar-refractivity contribution is 7.92. The van der Waals surface area contributed by atoms with Gasteiger partial charge in [-0.15, -0.1) is 10.2 Å². The topological polar surface area (TPSA) is 162 Å². The van der Waals surface area contributed by atoms with E-state index >= 15 is 0 Å². The van der Waals surface area contributed by atoms with Gasteiger partial charge in [-0.05, 0) is 38.1 Å². The molecule has 0 aliphatic carbocycles. The van der Waals surface area contributed by atoms with E-state index in [-0.39, 0.29) is 11.4 Å². The van der Waals surface area contributed by atoms with Gasteiger partial charge in [0.15, 0.2) is 4.90 Å². The van der Waals surface area contributed by atoms with Crippen LogP contribution in [-0.2, 0) is 16.6 Å². The molecule has 12 nitrogen and oxygen atoms in total. The Kier molecular flexibility index (Phi) is 4.61. The van der Waals surface area contributed by atoms with Gasteiger partial charge in [-0.3, -0.25) is 19.5 Å². The van der Waals surface area contributed by atoms with Crippen LogP contribution in [0.2, 0.25) is 0 Å². The molecule has 2 aromatic heterocycles. The van der Waals surface area contributed by atoms with Crippen LogP contribution in [0.1, 0.15) is 18.3 Å². The number of aryl methyl sites for hydroxylation is 2. The highest BCUT2D eigenvalue weighted by Crippen LogP contribution is 2.31. The summed E-state index contributed by atoms with van der Waals surface area (Å²) < 4.78 is 29.7. The van der Waals surface area contributed by atoms with Crippen molar-refractivity contribution < 1.29 is 13.3 Å². The Morgan fingerprint density at radius 1 is 1.33 bits per heavy atom. The van der Waals surface area contributed by atoms with E-state index in [4.69, 9.17) is 0 Å². The molecule has 142 valence electrons. The smallest absolute Gasteiger partial charge is 0.276 e. The normalized spacial score (nSPS) is 11.5. The number of aromatic amines is 1. The van der Waals surface area contributed by atoms with Crippen molar-refractivity contribution in [3.8, 4) is 11.4 Å². The number of aromatic nitrogens is 6. The molecule has 0 amide bonds. The van der Waals surface area contributed by atoms with Crippen molar-refractivity contribution in [2.45, 2.75) is 32.2 Å². The van der Waals surface area contributed by atoms with Gasteiger partial charge in [0.1, 0.15) is 0 Å². The first-order chi connectivity index (χ1) is 12.7. The van der Waals surface area contributed by atoms with Gasteiger partial charge in [-0.25, -0.2) is 8.42 Å². The fraction of sp³-hybridized carbons (Fsp3) is 0.286. The van der Waals surface area contributed by atoms with Crippen molar-refractivity contribution in [2.75, 3.05) is 4.72 Å². The van der Waals surface area contributed by atoms with Crippen molar-refractivity contribution in [1.29, 1.82) is 0 Å². The Morgan fingerprint density at radius 2 is 2.07 bits per heavy atom. The summed E-state index contributed by atoms with van der Waals surface area (Å²) in [5, 5.41) is 28.8. The van der Waals surface area contributed by atoms with Gasteiger partial charge in [0.2, 0.25) is 5.82 Å². The molecule has 2 heterocycles. The monoisotopic (exact) mass is 392 g/mol. The number of tetrazole rings is 1. The van der Waals surface area contributed by atoms with E-state index in [0.717, 1.165) is 12.1 Å². The standard InChI is InChI=1S/C14H16N8O4S/c1-4-21-9(3)13(8(2)17-21)18-27(25,26)12-6-5-10(7-11(12)22(23)24)14-15-19-20-16-14/h5-7,18H,4H2,1-3H3,(H,15,16,19,20). The predicted molar refractivity (Wildman–Crippen MR) is 94.5 cm³/mol. The summed E-state index contributed by atoms with van der Waals surface area (Å²) in [6, 6.07) is 3.61. The molecular weight excluding hydrogens is 376 g/mol. The predicted octanol–water partition coefficient (Wildman–Crippen LogP) is 1.41. The zero-order valence-electron chi connectivity index (χ0n) is 14.7. The average molecular weight is 392 g/mol. The minimum Gasteiger partial charge on any atom is -0.276 e. The summed E-state index contributed by atoms with van der Waals surface area (Å²) in [7, 11) is -4.22. The van der Waals surface area contributed by atoms with E-state index in [1.54, 1.807) is 18.5 Å². The summed E-state index contributed by atoms with van der Waals surface area (Å²) in [4.78, 5) is 10.2. The first-order valence-electron chi connectivity index (χ1n) is 7.83. The fourth-order valence-corrected chi connectivity index (χ4v) is 3.98. The van der Waals surface area contributed by atoms with Crippen LogP contribution in [0.5, 0.6) is 0 Å². The number of nitrogens with zero attached hydrogens (tertiary/aromatic N) is 6. The molecule has 0 spiro atoms. The van der Waals surface area contributed by atoms with Crippen LogP contribution in [0.4, 0.5) is 11.4 Å². The minimum atomic E-state index is -4.22. The van der Waals surface area contributed by atoms with Crippen molar-refractivity contribution in [1.82, 2.24) is 30.4 Å². The molecule has 3 rings (SSSR count). The van der Waals surface area contributed by atoms with Gasteiger partial charge < -0.3 is 0 Å². The second kappa shape index (κ2) is 6.75. The maximum atomic E-state index is 12.8. The zero-order chi connectivity index (χ0) is 19.8. The van der Waals surface area contributed by atoms with Gasteiger partial charge in [0.25, 0.3) is 15.7 Å². The molecule has 0 saturated heterocycles. The van der Waals surface area contributed by atoms with E-state index < -0.39 is 25.5 Å². The lowest BCUT2D eigenvalue weighted by Crippen LogP contribution is -2.16. The Balaban J connectivity index is 2.07. The number of hydrogen-bond acceptors (Lipinski definition) is 8. The number of nitro benzene ring substituents is 1. The number of hydrogen-bond donors (Lipinski definition) is 2. The van der Waals surface area contributed by atoms with Crippen molar-refractivity contribution in [3.05, 3.63) is 39.7 Å². The molecule has 0 unspecified atom stereocenters. The van der Waals surface area contributed by atoms with Crippen LogP contribution in [-0.4, -0.2) is 43.7 Å². The summed E-state index contributed by atoms with van der Waals surface area (Å²) >= 11 is 0. The van der Waals surface area contributed by atoms with Crippen molar-refractivity contribution >= 4 is 21.4 Å². The summed E-state index contributed by atoms with van der Waals surface area (Å²) in [6.45, 7) is 5.81. The molecule has 3 aromatic rings. The summed E-state index contributed by atoms with van der Waals surface area (Å²) in [5.74, 6) is 0.117. The molecule has 0 aliphatic heterocycles. The van der Waals surface area contributed by atoms with Gasteiger partial charge in [-0.1, -0.05) is 0 Å². The van der Waals surface area contributed by atoms with Gasteiger partial charge in [0.05, 0.1) is 22.0 Å². The zero-order valence-corrected chi connectivity index (χ0v) is 15.5. The minimum absolute atomic E-state index is 0.117. The Morgan fingerprint density at radius 3 is 2.63 bits per heavy atom. The number of H-pyrrole nitrogens is 1. The molecule has 2 N–H and O–H groups in total. The van der Waals surface area contributed by atoms with Crippen molar-refractivity contribution in [2.24, 2.45) is 0 Å². The molecule has 27 heavy (non-hydrogen) atoms. The molecule has 13 heteroatoms. The lowest BCUT2D eigenvalue weighted by molar-refractivity contribution is -0.387. The van der Waals surface area contributed by atoms with Crippen LogP contribution < -0.4 is 4.72 Å². The molecule has 0 radical (unpaired) electrons. The number of rotatable bonds is 6. The second-order valence-corrected chi connectivity index (χ2v) is 7.29. The van der Waals surface area contributed by atoms with E-state index in [2.05, 4.69) is 30.4 Å². The average Bonchev–Trinajstić information content (AvgIpc) is 3.25. The number of sulfonamides is 1. The fourth-order valence-electron chi connectivity index (χ4n) is 2.65. The van der Waals surface area contributed by atoms with Gasteiger partial charge in [0, 0.05) is 18.2 Å². The lowest BCUT2D eigenvalue weighted by Gasteiger charge is -2.10. The van der Waals surface area contributed by atoms with E-state index in [0.29, 0.717) is 23.6 Å².